The van der Waals surface area contributed by atoms with E-state index in [9.17, 15) is 0 Å². The minimum Gasteiger partial charge on any atom is -0.251 e. The number of fused-ring (bicyclic) bond motifs is 1. The number of hydrogen-bond donors (Lipinski definition) is 0. The van der Waals surface area contributed by atoms with Crippen LogP contribution in [-0.4, -0.2) is 18.8 Å². The summed E-state index contributed by atoms with van der Waals surface area (Å²) in [6.45, 7) is 0. The van der Waals surface area contributed by atoms with Crippen LogP contribution in [0.4, 0.5) is 0 Å². The van der Waals surface area contributed by atoms with Gasteiger partial charge >= 0.3 is 0 Å². The van der Waals surface area contributed by atoms with Gasteiger partial charge in [0.1, 0.15) is 6.04 Å². The predicted octanol–water partition coefficient (Wildman–Crippen LogP) is 1.66. The van der Waals surface area contributed by atoms with Crippen molar-refractivity contribution in [2.75, 3.05) is 7.05 Å². The largest absolute Gasteiger partial charge is 0.251 e. The van der Waals surface area contributed by atoms with Crippen LogP contribution in [0.3, 0.4) is 0 Å². The average molecular weight is 228 g/mol. The van der Waals surface area contributed by atoms with E-state index in [4.69, 9.17) is 9.98 Å². The molecule has 0 radical (unpaired) electrons. The standard InChI is InChI=1S/C13H16N4/c1-14-17-12-8-4-5-9-13(12)15-10-6-2-3-7-11(10)16-13/h2-3,6-7,12H,4-5,8-9H2,1H3. The van der Waals surface area contributed by atoms with Crippen LogP contribution in [0.2, 0.25) is 0 Å². The van der Waals surface area contributed by atoms with Gasteiger partial charge in [0.15, 0.2) is 5.66 Å². The molecule has 0 bridgehead atoms. The smallest absolute Gasteiger partial charge is 0.175 e. The number of rotatable bonds is 1. The summed E-state index contributed by atoms with van der Waals surface area (Å²) in [4.78, 5) is 9.64. The lowest BCUT2D eigenvalue weighted by Gasteiger charge is -2.33. The lowest BCUT2D eigenvalue weighted by atomic mass is 9.85. The molecule has 1 atom stereocenters. The monoisotopic (exact) mass is 228 g/mol. The lowest BCUT2D eigenvalue weighted by molar-refractivity contribution is 0.258. The second kappa shape index (κ2) is 4.02. The Bertz CT molecular complexity index is 526. The molecule has 0 aromatic heterocycles. The van der Waals surface area contributed by atoms with Gasteiger partial charge in [-0.2, -0.15) is 10.2 Å². The van der Waals surface area contributed by atoms with Crippen LogP contribution in [0.15, 0.2) is 44.5 Å². The Morgan fingerprint density at radius 3 is 2.53 bits per heavy atom. The Morgan fingerprint density at radius 2 is 1.88 bits per heavy atom. The number of para-hydroxylation sites is 2. The van der Waals surface area contributed by atoms with Gasteiger partial charge < -0.3 is 0 Å². The molecule has 17 heavy (non-hydrogen) atoms. The van der Waals surface area contributed by atoms with Crippen LogP contribution in [-0.2, 0) is 0 Å². The van der Waals surface area contributed by atoms with E-state index in [1.165, 1.54) is 12.8 Å². The van der Waals surface area contributed by atoms with Crippen molar-refractivity contribution in [3.05, 3.63) is 35.0 Å². The number of nitrogens with zero attached hydrogens (tertiary/aromatic N) is 4. The third kappa shape index (κ3) is 1.68. The first kappa shape index (κ1) is 10.6. The second-order valence-corrected chi connectivity index (χ2v) is 4.67. The van der Waals surface area contributed by atoms with E-state index >= 15 is 0 Å². The van der Waals surface area contributed by atoms with Crippen molar-refractivity contribution in [3.63, 3.8) is 0 Å². The summed E-state index contributed by atoms with van der Waals surface area (Å²) in [6.07, 6.45) is 4.41. The molecule has 88 valence electrons. The van der Waals surface area contributed by atoms with Gasteiger partial charge in [-0.15, -0.1) is 0 Å². The molecule has 1 saturated carbocycles. The first-order chi connectivity index (χ1) is 8.34. The summed E-state index contributed by atoms with van der Waals surface area (Å²) in [5, 5.41) is 10.3. The molecule has 0 saturated heterocycles. The van der Waals surface area contributed by atoms with E-state index in [2.05, 4.69) is 10.2 Å². The fourth-order valence-corrected chi connectivity index (χ4v) is 2.77. The minimum atomic E-state index is -0.360. The average Bonchev–Trinajstić information content (AvgIpc) is 2.71. The van der Waals surface area contributed by atoms with Crippen LogP contribution >= 0.6 is 0 Å². The first-order valence-electron chi connectivity index (χ1n) is 6.18. The zero-order valence-electron chi connectivity index (χ0n) is 10.0. The topological polar surface area (TPSA) is 49.4 Å². The third-order valence-corrected chi connectivity index (χ3v) is 3.57. The van der Waals surface area contributed by atoms with Crippen molar-refractivity contribution in [3.8, 4) is 0 Å². The summed E-state index contributed by atoms with van der Waals surface area (Å²) in [5.41, 5.74) is -0.360. The predicted molar refractivity (Wildman–Crippen MR) is 64.5 cm³/mol. The molecule has 1 aromatic rings. The summed E-state index contributed by atoms with van der Waals surface area (Å²) >= 11 is 0. The highest BCUT2D eigenvalue weighted by Crippen LogP contribution is 2.35. The van der Waals surface area contributed by atoms with Gasteiger partial charge in [0.25, 0.3) is 0 Å². The molecule has 1 fully saturated rings. The van der Waals surface area contributed by atoms with E-state index in [-0.39, 0.29) is 11.7 Å². The molecule has 1 spiro atoms. The van der Waals surface area contributed by atoms with Gasteiger partial charge in [-0.05, 0) is 31.4 Å². The van der Waals surface area contributed by atoms with Gasteiger partial charge in [-0.25, -0.2) is 0 Å². The van der Waals surface area contributed by atoms with E-state index in [0.717, 1.165) is 23.6 Å². The molecule has 1 aromatic carbocycles. The quantitative estimate of drug-likeness (QED) is 0.656. The molecular formula is C13H16N4. The molecule has 0 amide bonds. The van der Waals surface area contributed by atoms with Gasteiger partial charge in [0, 0.05) is 7.05 Å². The van der Waals surface area contributed by atoms with Gasteiger partial charge in [0.05, 0.1) is 10.7 Å². The lowest BCUT2D eigenvalue weighted by Crippen LogP contribution is -2.39. The fourth-order valence-electron chi connectivity index (χ4n) is 2.77. The molecule has 0 N–H and O–H groups in total. The van der Waals surface area contributed by atoms with Gasteiger partial charge in [-0.1, -0.05) is 18.6 Å². The van der Waals surface area contributed by atoms with Gasteiger partial charge in [0.2, 0.25) is 0 Å². The molecular weight excluding hydrogens is 212 g/mol. The van der Waals surface area contributed by atoms with E-state index in [0.29, 0.717) is 0 Å². The van der Waals surface area contributed by atoms with Crippen molar-refractivity contribution in [1.82, 2.24) is 0 Å². The highest BCUT2D eigenvalue weighted by molar-refractivity contribution is 5.11. The normalized spacial score (nSPS) is 25.6. The zero-order valence-corrected chi connectivity index (χ0v) is 10.0. The molecule has 2 aliphatic rings. The number of hydrogen-bond acceptors (Lipinski definition) is 4. The Labute approximate surface area is 100 Å². The van der Waals surface area contributed by atoms with Crippen molar-refractivity contribution >= 4 is 0 Å². The number of azo groups is 1. The van der Waals surface area contributed by atoms with Crippen molar-refractivity contribution < 1.29 is 0 Å². The maximum atomic E-state index is 4.82. The maximum absolute atomic E-state index is 4.82. The van der Waals surface area contributed by atoms with Crippen LogP contribution in [0.5, 0.6) is 0 Å². The first-order valence-corrected chi connectivity index (χ1v) is 6.18. The van der Waals surface area contributed by atoms with Crippen molar-refractivity contribution in [2.24, 2.45) is 20.2 Å². The molecule has 1 aliphatic heterocycles. The summed E-state index contributed by atoms with van der Waals surface area (Å²) in [7, 11) is 1.73. The van der Waals surface area contributed by atoms with Crippen LogP contribution in [0, 0.1) is 0 Å². The van der Waals surface area contributed by atoms with E-state index in [1.807, 2.05) is 24.3 Å². The summed E-state index contributed by atoms with van der Waals surface area (Å²) < 4.78 is 0. The second-order valence-electron chi connectivity index (χ2n) is 4.67. The van der Waals surface area contributed by atoms with E-state index < -0.39 is 0 Å². The molecule has 1 aliphatic carbocycles. The number of benzene rings is 1. The molecule has 3 rings (SSSR count). The molecule has 4 heteroatoms. The third-order valence-electron chi connectivity index (χ3n) is 3.57. The zero-order chi connectivity index (χ0) is 11.7. The van der Waals surface area contributed by atoms with Gasteiger partial charge in [-0.3, -0.25) is 9.98 Å². The molecule has 4 nitrogen and oxygen atoms in total. The Balaban J connectivity index is 2.10. The minimum absolute atomic E-state index is 0.119. The summed E-state index contributed by atoms with van der Waals surface area (Å²) in [5.74, 6) is 0. The fraction of sp³-hybridized carbons (Fsp3) is 0.538. The SMILES string of the molecule is CN=NC1CCCCC12N=c1ccccc1=N2. The maximum Gasteiger partial charge on any atom is 0.175 e. The van der Waals surface area contributed by atoms with Crippen molar-refractivity contribution in [2.45, 2.75) is 37.4 Å². The molecule has 1 heterocycles. The van der Waals surface area contributed by atoms with Crippen LogP contribution < -0.4 is 10.7 Å². The molecule has 1 unspecified atom stereocenters. The highest BCUT2D eigenvalue weighted by atomic mass is 15.2. The Morgan fingerprint density at radius 1 is 1.18 bits per heavy atom. The van der Waals surface area contributed by atoms with Crippen LogP contribution in [0.25, 0.3) is 0 Å². The van der Waals surface area contributed by atoms with Crippen molar-refractivity contribution in [1.29, 1.82) is 0 Å². The van der Waals surface area contributed by atoms with Crippen LogP contribution in [0.1, 0.15) is 25.7 Å². The summed E-state index contributed by atoms with van der Waals surface area (Å²) in [6, 6.07) is 8.20. The van der Waals surface area contributed by atoms with E-state index in [1.54, 1.807) is 7.05 Å². The highest BCUT2D eigenvalue weighted by Gasteiger charge is 2.42. The Kier molecular flexibility index (Phi) is 2.50. The Hall–Kier alpha value is -1.58.